The van der Waals surface area contributed by atoms with Crippen molar-refractivity contribution >= 4 is 5.97 Å². The average Bonchev–Trinajstić information content (AvgIpc) is 2.29. The Kier molecular flexibility index (Phi) is 4.97. The van der Waals surface area contributed by atoms with Crippen LogP contribution in [0.15, 0.2) is 24.3 Å². The van der Waals surface area contributed by atoms with Gasteiger partial charge in [-0.1, -0.05) is 18.2 Å². The minimum absolute atomic E-state index is 0.138. The molecule has 0 aromatic heterocycles. The molecule has 0 spiro atoms. The standard InChI is InChI=1S/C13H19NO3/c1-4-16-13(15)10(3)17-12-8-6-5-7-11(12)9(2)14/h5-10H,4,14H2,1-3H3/t9-,10?/m1/s1. The van der Waals surface area contributed by atoms with E-state index < -0.39 is 6.10 Å². The van der Waals surface area contributed by atoms with Crippen LogP contribution in [0, 0.1) is 0 Å². The fourth-order valence-electron chi connectivity index (χ4n) is 1.46. The zero-order valence-corrected chi connectivity index (χ0v) is 10.5. The predicted octanol–water partition coefficient (Wildman–Crippen LogP) is 2.04. The second-order valence-electron chi connectivity index (χ2n) is 3.84. The molecule has 0 amide bonds. The topological polar surface area (TPSA) is 61.5 Å². The molecule has 4 heteroatoms. The lowest BCUT2D eigenvalue weighted by molar-refractivity contribution is -0.150. The van der Waals surface area contributed by atoms with Crippen LogP contribution in [0.4, 0.5) is 0 Å². The van der Waals surface area contributed by atoms with E-state index in [1.54, 1.807) is 19.9 Å². The number of carbonyl (C=O) groups excluding carboxylic acids is 1. The molecule has 4 nitrogen and oxygen atoms in total. The summed E-state index contributed by atoms with van der Waals surface area (Å²) in [5, 5.41) is 0. The van der Waals surface area contributed by atoms with E-state index in [1.807, 2.05) is 25.1 Å². The molecule has 0 aliphatic rings. The average molecular weight is 237 g/mol. The highest BCUT2D eigenvalue weighted by atomic mass is 16.6. The number of hydrogen-bond acceptors (Lipinski definition) is 4. The molecule has 1 unspecified atom stereocenters. The van der Waals surface area contributed by atoms with Gasteiger partial charge in [-0.25, -0.2) is 4.79 Å². The van der Waals surface area contributed by atoms with Crippen molar-refractivity contribution in [2.45, 2.75) is 32.9 Å². The lowest BCUT2D eigenvalue weighted by Crippen LogP contribution is -2.26. The maximum absolute atomic E-state index is 11.5. The molecule has 0 radical (unpaired) electrons. The van der Waals surface area contributed by atoms with Gasteiger partial charge in [0.25, 0.3) is 0 Å². The van der Waals surface area contributed by atoms with Crippen LogP contribution < -0.4 is 10.5 Å². The molecule has 1 aromatic carbocycles. The van der Waals surface area contributed by atoms with E-state index in [9.17, 15) is 4.79 Å². The van der Waals surface area contributed by atoms with Crippen LogP contribution >= 0.6 is 0 Å². The number of rotatable bonds is 5. The van der Waals surface area contributed by atoms with E-state index in [4.69, 9.17) is 15.2 Å². The molecule has 17 heavy (non-hydrogen) atoms. The Morgan fingerprint density at radius 1 is 1.35 bits per heavy atom. The van der Waals surface area contributed by atoms with E-state index in [-0.39, 0.29) is 12.0 Å². The Balaban J connectivity index is 2.77. The van der Waals surface area contributed by atoms with Gasteiger partial charge in [0.1, 0.15) is 5.75 Å². The van der Waals surface area contributed by atoms with E-state index in [0.717, 1.165) is 5.56 Å². The normalized spacial score (nSPS) is 13.9. The largest absolute Gasteiger partial charge is 0.479 e. The number of benzene rings is 1. The second kappa shape index (κ2) is 6.25. The summed E-state index contributed by atoms with van der Waals surface area (Å²) in [4.78, 5) is 11.5. The van der Waals surface area contributed by atoms with Gasteiger partial charge in [0.15, 0.2) is 6.10 Å². The minimum Gasteiger partial charge on any atom is -0.479 e. The summed E-state index contributed by atoms with van der Waals surface area (Å²) >= 11 is 0. The number of ether oxygens (including phenoxy) is 2. The van der Waals surface area contributed by atoms with Crippen molar-refractivity contribution in [1.82, 2.24) is 0 Å². The van der Waals surface area contributed by atoms with Gasteiger partial charge in [0.05, 0.1) is 6.61 Å². The molecule has 0 aliphatic heterocycles. The third-order valence-electron chi connectivity index (χ3n) is 2.33. The Labute approximate surface area is 102 Å². The van der Waals surface area contributed by atoms with Gasteiger partial charge >= 0.3 is 5.97 Å². The third kappa shape index (κ3) is 3.75. The molecule has 1 aromatic rings. The smallest absolute Gasteiger partial charge is 0.347 e. The molecule has 2 atom stereocenters. The van der Waals surface area contributed by atoms with Gasteiger partial charge in [-0.3, -0.25) is 0 Å². The van der Waals surface area contributed by atoms with Crippen molar-refractivity contribution in [1.29, 1.82) is 0 Å². The van der Waals surface area contributed by atoms with Gasteiger partial charge in [-0.05, 0) is 26.8 Å². The number of carbonyl (C=O) groups is 1. The van der Waals surface area contributed by atoms with Gasteiger partial charge < -0.3 is 15.2 Å². The van der Waals surface area contributed by atoms with Crippen molar-refractivity contribution in [3.05, 3.63) is 29.8 Å². The van der Waals surface area contributed by atoms with Crippen molar-refractivity contribution in [3.63, 3.8) is 0 Å². The Morgan fingerprint density at radius 3 is 2.59 bits per heavy atom. The highest BCUT2D eigenvalue weighted by Crippen LogP contribution is 2.24. The Bertz CT molecular complexity index is 377. The van der Waals surface area contributed by atoms with Crippen molar-refractivity contribution < 1.29 is 14.3 Å². The first kappa shape index (κ1) is 13.5. The minimum atomic E-state index is -0.630. The molecule has 0 heterocycles. The maximum Gasteiger partial charge on any atom is 0.347 e. The van der Waals surface area contributed by atoms with E-state index >= 15 is 0 Å². The van der Waals surface area contributed by atoms with Crippen molar-refractivity contribution in [2.75, 3.05) is 6.61 Å². The zero-order valence-electron chi connectivity index (χ0n) is 10.5. The molecular formula is C13H19NO3. The van der Waals surface area contributed by atoms with Gasteiger partial charge in [-0.15, -0.1) is 0 Å². The highest BCUT2D eigenvalue weighted by Gasteiger charge is 2.17. The van der Waals surface area contributed by atoms with Crippen LogP contribution in [-0.2, 0) is 9.53 Å². The van der Waals surface area contributed by atoms with E-state index in [2.05, 4.69) is 0 Å². The number of hydrogen-bond donors (Lipinski definition) is 1. The molecule has 2 N–H and O–H groups in total. The lowest BCUT2D eigenvalue weighted by Gasteiger charge is -2.17. The summed E-state index contributed by atoms with van der Waals surface area (Å²) in [5.41, 5.74) is 6.71. The van der Waals surface area contributed by atoms with Crippen molar-refractivity contribution in [3.8, 4) is 5.75 Å². The van der Waals surface area contributed by atoms with Crippen LogP contribution in [0.5, 0.6) is 5.75 Å². The molecule has 0 aliphatic carbocycles. The molecule has 0 bridgehead atoms. The third-order valence-corrected chi connectivity index (χ3v) is 2.33. The van der Waals surface area contributed by atoms with Gasteiger partial charge in [-0.2, -0.15) is 0 Å². The Morgan fingerprint density at radius 2 is 2.00 bits per heavy atom. The first-order valence-electron chi connectivity index (χ1n) is 5.74. The molecule has 0 fully saturated rings. The summed E-state index contributed by atoms with van der Waals surface area (Å²) in [7, 11) is 0. The van der Waals surface area contributed by atoms with E-state index in [0.29, 0.717) is 12.4 Å². The van der Waals surface area contributed by atoms with Crippen LogP contribution in [0.1, 0.15) is 32.4 Å². The summed E-state index contributed by atoms with van der Waals surface area (Å²) in [6.45, 7) is 5.65. The lowest BCUT2D eigenvalue weighted by atomic mass is 10.1. The van der Waals surface area contributed by atoms with Crippen LogP contribution in [-0.4, -0.2) is 18.7 Å². The first-order chi connectivity index (χ1) is 8.06. The monoisotopic (exact) mass is 237 g/mol. The molecule has 1 rings (SSSR count). The van der Waals surface area contributed by atoms with Crippen LogP contribution in [0.25, 0.3) is 0 Å². The highest BCUT2D eigenvalue weighted by molar-refractivity contribution is 5.74. The fraction of sp³-hybridized carbons (Fsp3) is 0.462. The molecule has 94 valence electrons. The SMILES string of the molecule is CCOC(=O)C(C)Oc1ccccc1[C@@H](C)N. The van der Waals surface area contributed by atoms with Gasteiger partial charge in [0, 0.05) is 11.6 Å². The second-order valence-corrected chi connectivity index (χ2v) is 3.84. The summed E-state index contributed by atoms with van der Waals surface area (Å²) in [6.07, 6.45) is -0.630. The zero-order chi connectivity index (χ0) is 12.8. The summed E-state index contributed by atoms with van der Waals surface area (Å²) in [5.74, 6) is 0.259. The van der Waals surface area contributed by atoms with E-state index in [1.165, 1.54) is 0 Å². The van der Waals surface area contributed by atoms with Crippen LogP contribution in [0.2, 0.25) is 0 Å². The van der Waals surface area contributed by atoms with Gasteiger partial charge in [0.2, 0.25) is 0 Å². The van der Waals surface area contributed by atoms with Crippen molar-refractivity contribution in [2.24, 2.45) is 5.73 Å². The number of esters is 1. The van der Waals surface area contributed by atoms with Crippen LogP contribution in [0.3, 0.4) is 0 Å². The fourth-order valence-corrected chi connectivity index (χ4v) is 1.46. The predicted molar refractivity (Wildman–Crippen MR) is 65.8 cm³/mol. The number of nitrogens with two attached hydrogens (primary N) is 1. The maximum atomic E-state index is 11.5. The quantitative estimate of drug-likeness (QED) is 0.796. The molecule has 0 saturated carbocycles. The summed E-state index contributed by atoms with van der Waals surface area (Å²) < 4.78 is 10.4. The number of para-hydroxylation sites is 1. The Hall–Kier alpha value is -1.55. The summed E-state index contributed by atoms with van der Waals surface area (Å²) in [6, 6.07) is 7.28. The molecule has 0 saturated heterocycles. The molecular weight excluding hydrogens is 218 g/mol. The first-order valence-corrected chi connectivity index (χ1v) is 5.74.